The highest BCUT2D eigenvalue weighted by molar-refractivity contribution is 8.00. The SMILES string of the molecule is CC(=O)Nc1ccc(C)cc1SC1CCCCC1. The van der Waals surface area contributed by atoms with Crippen LogP contribution in [0.15, 0.2) is 23.1 Å². The lowest BCUT2D eigenvalue weighted by atomic mass is 10.0. The number of hydrogen-bond acceptors (Lipinski definition) is 2. The lowest BCUT2D eigenvalue weighted by molar-refractivity contribution is -0.114. The van der Waals surface area contributed by atoms with Gasteiger partial charge in [0.05, 0.1) is 5.69 Å². The van der Waals surface area contributed by atoms with Crippen LogP contribution in [0.25, 0.3) is 0 Å². The third-order valence-electron chi connectivity index (χ3n) is 3.29. The molecule has 0 aromatic heterocycles. The first kappa shape index (κ1) is 13.5. The molecule has 1 N–H and O–H groups in total. The summed E-state index contributed by atoms with van der Waals surface area (Å²) in [5.74, 6) is 0.00403. The second-order valence-electron chi connectivity index (χ2n) is 5.06. The Morgan fingerprint density at radius 1 is 1.28 bits per heavy atom. The summed E-state index contributed by atoms with van der Waals surface area (Å²) in [6, 6.07) is 6.25. The Bertz CT molecular complexity index is 425. The molecule has 1 aromatic carbocycles. The molecule has 0 unspecified atom stereocenters. The Hall–Kier alpha value is -0.960. The maximum absolute atomic E-state index is 11.2. The van der Waals surface area contributed by atoms with E-state index in [0.717, 1.165) is 5.69 Å². The van der Waals surface area contributed by atoms with E-state index >= 15 is 0 Å². The molecule has 3 heteroatoms. The first-order chi connectivity index (χ1) is 8.65. The van der Waals surface area contributed by atoms with E-state index in [-0.39, 0.29) is 5.91 Å². The van der Waals surface area contributed by atoms with Crippen molar-refractivity contribution in [2.45, 2.75) is 56.1 Å². The average molecular weight is 263 g/mol. The first-order valence-corrected chi connectivity index (χ1v) is 7.58. The van der Waals surface area contributed by atoms with E-state index in [1.54, 1.807) is 6.92 Å². The monoisotopic (exact) mass is 263 g/mol. The fraction of sp³-hybridized carbons (Fsp3) is 0.533. The molecule has 0 spiro atoms. The average Bonchev–Trinajstić information content (AvgIpc) is 2.33. The molecule has 1 fully saturated rings. The third kappa shape index (κ3) is 3.77. The molecule has 1 aliphatic rings. The Balaban J connectivity index is 2.13. The molecule has 0 heterocycles. The van der Waals surface area contributed by atoms with Crippen LogP contribution in [0.3, 0.4) is 0 Å². The highest BCUT2D eigenvalue weighted by Crippen LogP contribution is 2.37. The van der Waals surface area contributed by atoms with Crippen molar-refractivity contribution in [2.24, 2.45) is 0 Å². The van der Waals surface area contributed by atoms with Gasteiger partial charge >= 0.3 is 0 Å². The molecule has 0 saturated heterocycles. The van der Waals surface area contributed by atoms with Crippen molar-refractivity contribution in [2.75, 3.05) is 5.32 Å². The second kappa shape index (κ2) is 6.28. The largest absolute Gasteiger partial charge is 0.325 e. The van der Waals surface area contributed by atoms with Crippen LogP contribution in [0.1, 0.15) is 44.6 Å². The zero-order valence-corrected chi connectivity index (χ0v) is 12.0. The van der Waals surface area contributed by atoms with Gasteiger partial charge < -0.3 is 5.32 Å². The van der Waals surface area contributed by atoms with E-state index in [0.29, 0.717) is 5.25 Å². The molecule has 1 aliphatic carbocycles. The number of rotatable bonds is 3. The summed E-state index contributed by atoms with van der Waals surface area (Å²) in [6.07, 6.45) is 6.68. The summed E-state index contributed by atoms with van der Waals surface area (Å²) >= 11 is 1.93. The molecule has 98 valence electrons. The van der Waals surface area contributed by atoms with E-state index in [1.807, 2.05) is 17.8 Å². The normalized spacial score (nSPS) is 16.6. The summed E-state index contributed by atoms with van der Waals surface area (Å²) in [6.45, 7) is 3.66. The van der Waals surface area contributed by atoms with Crippen LogP contribution < -0.4 is 5.32 Å². The number of carbonyl (C=O) groups excluding carboxylic acids is 1. The molecular weight excluding hydrogens is 242 g/mol. The van der Waals surface area contributed by atoms with Crippen molar-refractivity contribution >= 4 is 23.4 Å². The predicted molar refractivity (Wildman–Crippen MR) is 78.2 cm³/mol. The zero-order chi connectivity index (χ0) is 13.0. The maximum Gasteiger partial charge on any atom is 0.221 e. The van der Waals surface area contributed by atoms with Crippen molar-refractivity contribution in [1.29, 1.82) is 0 Å². The molecule has 2 rings (SSSR count). The molecule has 1 aromatic rings. The van der Waals surface area contributed by atoms with Gasteiger partial charge in [0.2, 0.25) is 5.91 Å². The van der Waals surface area contributed by atoms with Crippen molar-refractivity contribution in [3.05, 3.63) is 23.8 Å². The van der Waals surface area contributed by atoms with Crippen molar-refractivity contribution in [3.63, 3.8) is 0 Å². The van der Waals surface area contributed by atoms with Crippen LogP contribution in [0.4, 0.5) is 5.69 Å². The number of amides is 1. The van der Waals surface area contributed by atoms with Crippen LogP contribution in [0.5, 0.6) is 0 Å². The summed E-state index contributed by atoms with van der Waals surface area (Å²) in [7, 11) is 0. The summed E-state index contributed by atoms with van der Waals surface area (Å²) in [5, 5.41) is 3.65. The van der Waals surface area contributed by atoms with Crippen LogP contribution in [-0.4, -0.2) is 11.2 Å². The minimum Gasteiger partial charge on any atom is -0.325 e. The van der Waals surface area contributed by atoms with Gasteiger partial charge in [0.15, 0.2) is 0 Å². The molecule has 0 atom stereocenters. The summed E-state index contributed by atoms with van der Waals surface area (Å²) < 4.78 is 0. The minimum absolute atomic E-state index is 0.00403. The van der Waals surface area contributed by atoms with Crippen molar-refractivity contribution in [3.8, 4) is 0 Å². The number of nitrogens with one attached hydrogen (secondary N) is 1. The molecule has 0 aliphatic heterocycles. The van der Waals surface area contributed by atoms with Gasteiger partial charge in [-0.15, -0.1) is 11.8 Å². The smallest absolute Gasteiger partial charge is 0.221 e. The number of hydrogen-bond donors (Lipinski definition) is 1. The molecule has 18 heavy (non-hydrogen) atoms. The number of benzene rings is 1. The highest BCUT2D eigenvalue weighted by atomic mass is 32.2. The number of aryl methyl sites for hydroxylation is 1. The quantitative estimate of drug-likeness (QED) is 0.877. The van der Waals surface area contributed by atoms with Crippen molar-refractivity contribution in [1.82, 2.24) is 0 Å². The molecular formula is C15H21NOS. The van der Waals surface area contributed by atoms with Gasteiger partial charge in [-0.1, -0.05) is 25.3 Å². The molecule has 2 nitrogen and oxygen atoms in total. The highest BCUT2D eigenvalue weighted by Gasteiger charge is 2.16. The van der Waals surface area contributed by atoms with Crippen LogP contribution in [0, 0.1) is 6.92 Å². The van der Waals surface area contributed by atoms with E-state index in [1.165, 1.54) is 42.6 Å². The van der Waals surface area contributed by atoms with Gasteiger partial charge in [-0.25, -0.2) is 0 Å². The topological polar surface area (TPSA) is 29.1 Å². The predicted octanol–water partition coefficient (Wildman–Crippen LogP) is 4.38. The first-order valence-electron chi connectivity index (χ1n) is 6.70. The lowest BCUT2D eigenvalue weighted by Gasteiger charge is -2.22. The van der Waals surface area contributed by atoms with Gasteiger partial charge in [-0.2, -0.15) is 0 Å². The standard InChI is InChI=1S/C15H21NOS/c1-11-8-9-14(16-12(2)17)15(10-11)18-13-6-4-3-5-7-13/h8-10,13H,3-7H2,1-2H3,(H,16,17). The molecule has 0 bridgehead atoms. The Kier molecular flexibility index (Phi) is 4.70. The molecule has 0 radical (unpaired) electrons. The Morgan fingerprint density at radius 3 is 2.67 bits per heavy atom. The number of carbonyl (C=O) groups is 1. The lowest BCUT2D eigenvalue weighted by Crippen LogP contribution is -2.10. The second-order valence-corrected chi connectivity index (χ2v) is 6.40. The molecule has 1 saturated carbocycles. The van der Waals surface area contributed by atoms with E-state index in [9.17, 15) is 4.79 Å². The summed E-state index contributed by atoms with van der Waals surface area (Å²) in [4.78, 5) is 12.4. The fourth-order valence-corrected chi connectivity index (χ4v) is 3.81. The summed E-state index contributed by atoms with van der Waals surface area (Å²) in [5.41, 5.74) is 2.21. The Morgan fingerprint density at radius 2 is 2.00 bits per heavy atom. The third-order valence-corrected chi connectivity index (χ3v) is 4.69. The number of anilines is 1. The minimum atomic E-state index is 0.00403. The van der Waals surface area contributed by atoms with Crippen LogP contribution in [-0.2, 0) is 4.79 Å². The van der Waals surface area contributed by atoms with E-state index in [4.69, 9.17) is 0 Å². The zero-order valence-electron chi connectivity index (χ0n) is 11.2. The van der Waals surface area contributed by atoms with Crippen LogP contribution >= 0.6 is 11.8 Å². The van der Waals surface area contributed by atoms with E-state index < -0.39 is 0 Å². The number of thioether (sulfide) groups is 1. The van der Waals surface area contributed by atoms with Gasteiger partial charge in [-0.05, 0) is 37.5 Å². The van der Waals surface area contributed by atoms with Gasteiger partial charge in [0.1, 0.15) is 0 Å². The van der Waals surface area contributed by atoms with Gasteiger partial charge in [0.25, 0.3) is 0 Å². The van der Waals surface area contributed by atoms with Gasteiger partial charge in [-0.3, -0.25) is 4.79 Å². The molecule has 1 amide bonds. The van der Waals surface area contributed by atoms with E-state index in [2.05, 4.69) is 24.4 Å². The van der Waals surface area contributed by atoms with Crippen LogP contribution in [0.2, 0.25) is 0 Å². The van der Waals surface area contributed by atoms with Crippen molar-refractivity contribution < 1.29 is 4.79 Å². The fourth-order valence-electron chi connectivity index (χ4n) is 2.38. The Labute approximate surface area is 114 Å². The van der Waals surface area contributed by atoms with Gasteiger partial charge in [0, 0.05) is 17.1 Å². The maximum atomic E-state index is 11.2.